The number of ether oxygens (including phenoxy) is 1. The highest BCUT2D eigenvalue weighted by Crippen LogP contribution is 2.12. The van der Waals surface area contributed by atoms with Crippen molar-refractivity contribution in [2.75, 3.05) is 6.54 Å². The molecular weight excluding hydrogens is 436 g/mol. The van der Waals surface area contributed by atoms with E-state index in [1.165, 1.54) is 6.92 Å². The molecule has 3 aromatic rings. The lowest BCUT2D eigenvalue weighted by atomic mass is 10.1. The van der Waals surface area contributed by atoms with Crippen LogP contribution < -0.4 is 16.2 Å². The third kappa shape index (κ3) is 6.50. The van der Waals surface area contributed by atoms with Crippen molar-refractivity contribution in [1.82, 2.24) is 20.2 Å². The molecule has 0 saturated heterocycles. The minimum absolute atomic E-state index is 0.0680. The third-order valence-corrected chi connectivity index (χ3v) is 5.20. The van der Waals surface area contributed by atoms with Crippen LogP contribution in [-0.4, -0.2) is 40.1 Å². The van der Waals surface area contributed by atoms with Crippen LogP contribution in [0, 0.1) is 0 Å². The van der Waals surface area contributed by atoms with Crippen LogP contribution in [0.25, 0.3) is 11.0 Å². The molecule has 1 aromatic heterocycles. The molecule has 2 N–H and O–H groups in total. The van der Waals surface area contributed by atoms with Gasteiger partial charge in [0.15, 0.2) is 6.10 Å². The van der Waals surface area contributed by atoms with E-state index in [0.29, 0.717) is 25.0 Å². The lowest BCUT2D eigenvalue weighted by Gasteiger charge is -2.14. The molecule has 0 radical (unpaired) electrons. The maximum atomic E-state index is 13.2. The zero-order valence-electron chi connectivity index (χ0n) is 19.2. The first-order valence-electron chi connectivity index (χ1n) is 11.2. The minimum atomic E-state index is -1.15. The largest absolute Gasteiger partial charge is 0.453 e. The lowest BCUT2D eigenvalue weighted by molar-refractivity contribution is -0.154. The molecule has 1 heterocycles. The number of carbonyl (C=O) groups excluding carboxylic acids is 3. The Morgan fingerprint density at radius 3 is 2.47 bits per heavy atom. The van der Waals surface area contributed by atoms with Crippen LogP contribution in [0.5, 0.6) is 0 Å². The zero-order chi connectivity index (χ0) is 24.5. The normalized spacial score (nSPS) is 11.6. The summed E-state index contributed by atoms with van der Waals surface area (Å²) in [7, 11) is 0. The summed E-state index contributed by atoms with van der Waals surface area (Å²) in [5.74, 6) is -1.39. The van der Waals surface area contributed by atoms with Crippen LogP contribution in [0.4, 0.5) is 4.79 Å². The molecule has 0 aliphatic rings. The number of fused-ring (bicyclic) bond motifs is 1. The van der Waals surface area contributed by atoms with Gasteiger partial charge in [0.1, 0.15) is 5.69 Å². The number of hydrogen-bond donors (Lipinski definition) is 2. The van der Waals surface area contributed by atoms with Crippen molar-refractivity contribution in [3.63, 3.8) is 0 Å². The molecule has 2 aromatic carbocycles. The maximum Gasteiger partial charge on any atom is 0.321 e. The summed E-state index contributed by atoms with van der Waals surface area (Å²) in [6.07, 6.45) is -0.535. The smallest absolute Gasteiger partial charge is 0.321 e. The molecule has 0 unspecified atom stereocenters. The van der Waals surface area contributed by atoms with Gasteiger partial charge in [-0.3, -0.25) is 19.7 Å². The first-order chi connectivity index (χ1) is 16.4. The summed E-state index contributed by atoms with van der Waals surface area (Å²) in [6.45, 7) is 3.91. The number of para-hydroxylation sites is 2. The summed E-state index contributed by atoms with van der Waals surface area (Å²) >= 11 is 0. The van der Waals surface area contributed by atoms with Gasteiger partial charge in [-0.15, -0.1) is 0 Å². The van der Waals surface area contributed by atoms with Crippen LogP contribution in [0.15, 0.2) is 59.4 Å². The quantitative estimate of drug-likeness (QED) is 0.469. The Balaban J connectivity index is 1.69. The molecule has 3 rings (SSSR count). The highest BCUT2D eigenvalue weighted by molar-refractivity contribution is 5.97. The Hall–Kier alpha value is -4.01. The molecular formula is C25H28N4O5. The van der Waals surface area contributed by atoms with Gasteiger partial charge in [0, 0.05) is 19.5 Å². The average molecular weight is 465 g/mol. The second-order valence-corrected chi connectivity index (χ2v) is 7.72. The number of imide groups is 1. The Kier molecular flexibility index (Phi) is 8.50. The van der Waals surface area contributed by atoms with Gasteiger partial charge in [-0.25, -0.2) is 9.78 Å². The van der Waals surface area contributed by atoms with E-state index in [0.717, 1.165) is 11.1 Å². The van der Waals surface area contributed by atoms with Crippen LogP contribution in [0.2, 0.25) is 0 Å². The second-order valence-electron chi connectivity index (χ2n) is 7.72. The van der Waals surface area contributed by atoms with Gasteiger partial charge in [-0.2, -0.15) is 0 Å². The molecule has 0 fully saturated rings. The van der Waals surface area contributed by atoms with Gasteiger partial charge < -0.3 is 14.6 Å². The fraction of sp³-hybridized carbons (Fsp3) is 0.320. The number of benzene rings is 2. The first-order valence-corrected chi connectivity index (χ1v) is 11.2. The molecule has 3 amide bonds. The standard InChI is InChI=1S/C25H28N4O5/c1-3-26-25(33)28-23(31)17(2)34-22(30)14-13-20-24(32)29(16-15-18-9-5-4-6-10-18)21-12-8-7-11-19(21)27-20/h4-12,17H,3,13-16H2,1-2H3,(H2,26,28,31,33)/t17-/m0/s1. The molecule has 1 atom stereocenters. The number of amides is 3. The number of hydrogen-bond acceptors (Lipinski definition) is 6. The predicted molar refractivity (Wildman–Crippen MR) is 127 cm³/mol. The van der Waals surface area contributed by atoms with Crippen molar-refractivity contribution in [3.05, 3.63) is 76.2 Å². The summed E-state index contributed by atoms with van der Waals surface area (Å²) in [5, 5.41) is 4.51. The monoisotopic (exact) mass is 464 g/mol. The summed E-state index contributed by atoms with van der Waals surface area (Å²) in [6, 6.07) is 16.6. The van der Waals surface area contributed by atoms with Crippen molar-refractivity contribution >= 4 is 28.9 Å². The SMILES string of the molecule is CCNC(=O)NC(=O)[C@H](C)OC(=O)CCc1nc2ccccc2n(CCc2ccccc2)c1=O. The molecule has 178 valence electrons. The summed E-state index contributed by atoms with van der Waals surface area (Å²) in [4.78, 5) is 53.3. The molecule has 9 nitrogen and oxygen atoms in total. The van der Waals surface area contributed by atoms with E-state index in [1.807, 2.05) is 54.6 Å². The molecule has 34 heavy (non-hydrogen) atoms. The van der Waals surface area contributed by atoms with Crippen molar-refractivity contribution in [2.24, 2.45) is 0 Å². The number of aromatic nitrogens is 2. The Morgan fingerprint density at radius 1 is 1.03 bits per heavy atom. The Morgan fingerprint density at radius 2 is 1.74 bits per heavy atom. The van der Waals surface area contributed by atoms with Crippen LogP contribution in [0.3, 0.4) is 0 Å². The van der Waals surface area contributed by atoms with E-state index in [9.17, 15) is 19.2 Å². The highest BCUT2D eigenvalue weighted by Gasteiger charge is 2.20. The summed E-state index contributed by atoms with van der Waals surface area (Å²) in [5.41, 5.74) is 2.49. The number of rotatable bonds is 9. The summed E-state index contributed by atoms with van der Waals surface area (Å²) < 4.78 is 6.79. The fourth-order valence-corrected chi connectivity index (χ4v) is 3.46. The maximum absolute atomic E-state index is 13.2. The van der Waals surface area contributed by atoms with Gasteiger partial charge in [-0.1, -0.05) is 42.5 Å². The topological polar surface area (TPSA) is 119 Å². The van der Waals surface area contributed by atoms with E-state index < -0.39 is 24.0 Å². The third-order valence-electron chi connectivity index (χ3n) is 5.20. The van der Waals surface area contributed by atoms with E-state index in [2.05, 4.69) is 15.6 Å². The Labute approximate surface area is 197 Å². The molecule has 9 heteroatoms. The predicted octanol–water partition coefficient (Wildman–Crippen LogP) is 2.35. The van der Waals surface area contributed by atoms with E-state index in [-0.39, 0.29) is 24.1 Å². The number of nitrogens with zero attached hydrogens (tertiary/aromatic N) is 2. The molecule has 0 aliphatic heterocycles. The fourth-order valence-electron chi connectivity index (χ4n) is 3.46. The van der Waals surface area contributed by atoms with Crippen LogP contribution >= 0.6 is 0 Å². The zero-order valence-corrected chi connectivity index (χ0v) is 19.2. The number of esters is 1. The van der Waals surface area contributed by atoms with Crippen molar-refractivity contribution in [3.8, 4) is 0 Å². The van der Waals surface area contributed by atoms with Crippen LogP contribution in [-0.2, 0) is 33.7 Å². The van der Waals surface area contributed by atoms with Crippen molar-refractivity contribution < 1.29 is 19.1 Å². The number of carbonyl (C=O) groups is 3. The van der Waals surface area contributed by atoms with Gasteiger partial charge in [0.2, 0.25) is 0 Å². The number of urea groups is 1. The first kappa shape index (κ1) is 24.6. The van der Waals surface area contributed by atoms with Crippen molar-refractivity contribution in [1.29, 1.82) is 0 Å². The van der Waals surface area contributed by atoms with Gasteiger partial charge >= 0.3 is 12.0 Å². The average Bonchev–Trinajstić information content (AvgIpc) is 2.83. The van der Waals surface area contributed by atoms with Gasteiger partial charge in [0.05, 0.1) is 17.5 Å². The molecule has 0 aliphatic carbocycles. The van der Waals surface area contributed by atoms with E-state index in [1.54, 1.807) is 11.5 Å². The molecule has 0 spiro atoms. The van der Waals surface area contributed by atoms with Crippen LogP contribution in [0.1, 0.15) is 31.5 Å². The van der Waals surface area contributed by atoms with Gasteiger partial charge in [0.25, 0.3) is 11.5 Å². The number of aryl methyl sites for hydroxylation is 3. The molecule has 0 bridgehead atoms. The minimum Gasteiger partial charge on any atom is -0.453 e. The van der Waals surface area contributed by atoms with E-state index in [4.69, 9.17) is 4.74 Å². The second kappa shape index (κ2) is 11.7. The van der Waals surface area contributed by atoms with Gasteiger partial charge in [-0.05, 0) is 38.0 Å². The number of nitrogens with one attached hydrogen (secondary N) is 2. The lowest BCUT2D eigenvalue weighted by Crippen LogP contribution is -2.44. The highest BCUT2D eigenvalue weighted by atomic mass is 16.5. The Bertz CT molecular complexity index is 1220. The molecule has 0 saturated carbocycles. The van der Waals surface area contributed by atoms with E-state index >= 15 is 0 Å². The van der Waals surface area contributed by atoms with Crippen molar-refractivity contribution in [2.45, 2.75) is 45.8 Å².